The Balaban J connectivity index is 1.87. The molecule has 0 saturated heterocycles. The SMILES string of the molecule is O=[N+]([O-])c1cc(S(=O)(=O)NC(C2CC2)C2CC2)ccc1Cl. The smallest absolute Gasteiger partial charge is 0.258 e. The van der Waals surface area contributed by atoms with Crippen LogP contribution in [0.2, 0.25) is 5.02 Å². The van der Waals surface area contributed by atoms with Crippen molar-refractivity contribution in [2.24, 2.45) is 11.8 Å². The lowest BCUT2D eigenvalue weighted by molar-refractivity contribution is -0.384. The fourth-order valence-electron chi connectivity index (χ4n) is 2.53. The summed E-state index contributed by atoms with van der Waals surface area (Å²) >= 11 is 5.71. The Bertz CT molecular complexity index is 671. The van der Waals surface area contributed by atoms with Crippen LogP contribution in [-0.2, 0) is 10.0 Å². The van der Waals surface area contributed by atoms with Gasteiger partial charge in [-0.2, -0.15) is 0 Å². The molecule has 0 aromatic heterocycles. The molecule has 2 aliphatic carbocycles. The molecule has 0 spiro atoms. The summed E-state index contributed by atoms with van der Waals surface area (Å²) in [7, 11) is -3.76. The molecule has 1 N–H and O–H groups in total. The maximum atomic E-state index is 12.4. The maximum Gasteiger partial charge on any atom is 0.289 e. The van der Waals surface area contributed by atoms with Gasteiger partial charge < -0.3 is 0 Å². The summed E-state index contributed by atoms with van der Waals surface area (Å²) in [6.07, 6.45) is 4.18. The molecule has 3 rings (SSSR count). The highest BCUT2D eigenvalue weighted by Gasteiger charge is 2.43. The van der Waals surface area contributed by atoms with Gasteiger partial charge in [0, 0.05) is 12.1 Å². The van der Waals surface area contributed by atoms with Crippen molar-refractivity contribution in [3.05, 3.63) is 33.3 Å². The van der Waals surface area contributed by atoms with Gasteiger partial charge in [0.15, 0.2) is 0 Å². The predicted octanol–water partition coefficient (Wildman–Crippen LogP) is 2.72. The highest BCUT2D eigenvalue weighted by atomic mass is 35.5. The van der Waals surface area contributed by atoms with E-state index in [1.54, 1.807) is 0 Å². The van der Waals surface area contributed by atoms with Crippen molar-refractivity contribution in [3.63, 3.8) is 0 Å². The number of rotatable bonds is 6. The summed E-state index contributed by atoms with van der Waals surface area (Å²) in [6.45, 7) is 0. The lowest BCUT2D eigenvalue weighted by Crippen LogP contribution is -2.38. The number of nitro benzene ring substituents is 1. The summed E-state index contributed by atoms with van der Waals surface area (Å²) in [4.78, 5) is 10.1. The largest absolute Gasteiger partial charge is 0.289 e. The average molecular weight is 331 g/mol. The Hall–Kier alpha value is -1.18. The number of nitrogens with one attached hydrogen (secondary N) is 1. The normalized spacial score (nSPS) is 19.0. The molecule has 0 heterocycles. The zero-order valence-corrected chi connectivity index (χ0v) is 12.7. The molecule has 6 nitrogen and oxygen atoms in total. The molecule has 2 aliphatic rings. The van der Waals surface area contributed by atoms with Crippen molar-refractivity contribution in [3.8, 4) is 0 Å². The first-order chi connectivity index (χ1) is 9.88. The summed E-state index contributed by atoms with van der Waals surface area (Å²) in [5.74, 6) is 0.823. The van der Waals surface area contributed by atoms with Gasteiger partial charge in [-0.15, -0.1) is 0 Å². The van der Waals surface area contributed by atoms with Crippen LogP contribution in [-0.4, -0.2) is 19.4 Å². The fourth-order valence-corrected chi connectivity index (χ4v) is 4.11. The number of halogens is 1. The summed E-state index contributed by atoms with van der Waals surface area (Å²) in [6, 6.07) is 3.53. The Kier molecular flexibility index (Phi) is 3.67. The monoisotopic (exact) mass is 330 g/mol. The van der Waals surface area contributed by atoms with E-state index in [1.165, 1.54) is 12.1 Å². The van der Waals surface area contributed by atoms with Crippen molar-refractivity contribution in [2.75, 3.05) is 0 Å². The van der Waals surface area contributed by atoms with E-state index in [2.05, 4.69) is 4.72 Å². The number of nitrogens with zero attached hydrogens (tertiary/aromatic N) is 1. The molecule has 0 atom stereocenters. The fraction of sp³-hybridized carbons (Fsp3) is 0.538. The highest BCUT2D eigenvalue weighted by molar-refractivity contribution is 7.89. The van der Waals surface area contributed by atoms with Gasteiger partial charge in [-0.3, -0.25) is 10.1 Å². The Labute approximate surface area is 127 Å². The molecular weight excluding hydrogens is 316 g/mol. The van der Waals surface area contributed by atoms with Crippen LogP contribution >= 0.6 is 11.6 Å². The third-order valence-corrected chi connectivity index (χ3v) is 5.75. The van der Waals surface area contributed by atoms with Gasteiger partial charge in [0.25, 0.3) is 5.69 Å². The van der Waals surface area contributed by atoms with E-state index in [1.807, 2.05) is 0 Å². The molecule has 8 heteroatoms. The maximum absolute atomic E-state index is 12.4. The van der Waals surface area contributed by atoms with E-state index in [0.29, 0.717) is 11.8 Å². The summed E-state index contributed by atoms with van der Waals surface area (Å²) in [5, 5.41) is 10.8. The number of hydrogen-bond acceptors (Lipinski definition) is 4. The lowest BCUT2D eigenvalue weighted by atomic mass is 10.1. The summed E-state index contributed by atoms with van der Waals surface area (Å²) in [5.41, 5.74) is -0.395. The molecule has 1 aromatic rings. The molecule has 0 bridgehead atoms. The second-order valence-corrected chi connectivity index (χ2v) is 7.81. The molecule has 114 valence electrons. The van der Waals surface area contributed by atoms with Gasteiger partial charge >= 0.3 is 0 Å². The van der Waals surface area contributed by atoms with Gasteiger partial charge in [0.1, 0.15) is 5.02 Å². The van der Waals surface area contributed by atoms with Crippen molar-refractivity contribution >= 4 is 27.3 Å². The van der Waals surface area contributed by atoms with Gasteiger partial charge in [-0.25, -0.2) is 13.1 Å². The van der Waals surface area contributed by atoms with Crippen molar-refractivity contribution in [1.82, 2.24) is 4.72 Å². The second kappa shape index (κ2) is 5.23. The van der Waals surface area contributed by atoms with Crippen LogP contribution in [0.4, 0.5) is 5.69 Å². The molecule has 0 unspecified atom stereocenters. The third-order valence-electron chi connectivity index (χ3n) is 3.98. The minimum Gasteiger partial charge on any atom is -0.258 e. The van der Waals surface area contributed by atoms with Crippen LogP contribution in [0.3, 0.4) is 0 Å². The Morgan fingerprint density at radius 1 is 1.24 bits per heavy atom. The average Bonchev–Trinajstić information content (AvgIpc) is 3.27. The second-order valence-electron chi connectivity index (χ2n) is 5.69. The standard InChI is InChI=1S/C13H15ClN2O4S/c14-11-6-5-10(7-12(11)16(17)18)21(19,20)15-13(8-1-2-8)9-3-4-9/h5-9,13,15H,1-4H2. The Morgan fingerprint density at radius 2 is 1.81 bits per heavy atom. The predicted molar refractivity (Wildman–Crippen MR) is 77.7 cm³/mol. The van der Waals surface area contributed by atoms with Gasteiger partial charge in [-0.1, -0.05) is 11.6 Å². The number of sulfonamides is 1. The third kappa shape index (κ3) is 3.20. The molecule has 0 aliphatic heterocycles. The number of nitro groups is 1. The number of benzene rings is 1. The van der Waals surface area contributed by atoms with Crippen LogP contribution in [0.1, 0.15) is 25.7 Å². The van der Waals surface area contributed by atoms with Crippen LogP contribution in [0, 0.1) is 22.0 Å². The first-order valence-corrected chi connectivity index (χ1v) is 8.71. The van der Waals surface area contributed by atoms with E-state index >= 15 is 0 Å². The minimum atomic E-state index is -3.76. The van der Waals surface area contributed by atoms with E-state index in [0.717, 1.165) is 31.7 Å². The van der Waals surface area contributed by atoms with Crippen LogP contribution < -0.4 is 4.72 Å². The quantitative estimate of drug-likeness (QED) is 0.641. The van der Waals surface area contributed by atoms with Gasteiger partial charge in [0.05, 0.1) is 9.82 Å². The first kappa shape index (κ1) is 14.7. The first-order valence-electron chi connectivity index (χ1n) is 6.85. The molecule has 2 fully saturated rings. The number of hydrogen-bond donors (Lipinski definition) is 1. The minimum absolute atomic E-state index is 0.0373. The Morgan fingerprint density at radius 3 is 2.29 bits per heavy atom. The van der Waals surface area contributed by atoms with E-state index < -0.39 is 20.6 Å². The molecule has 0 radical (unpaired) electrons. The van der Waals surface area contributed by atoms with Crippen molar-refractivity contribution in [1.29, 1.82) is 0 Å². The topological polar surface area (TPSA) is 89.3 Å². The highest BCUT2D eigenvalue weighted by Crippen LogP contribution is 2.45. The van der Waals surface area contributed by atoms with Crippen molar-refractivity contribution in [2.45, 2.75) is 36.6 Å². The molecule has 21 heavy (non-hydrogen) atoms. The zero-order valence-electron chi connectivity index (χ0n) is 11.2. The van der Waals surface area contributed by atoms with Crippen LogP contribution in [0.5, 0.6) is 0 Å². The molecule has 1 aromatic carbocycles. The van der Waals surface area contributed by atoms with E-state index in [-0.39, 0.29) is 16.0 Å². The molecular formula is C13H15ClN2O4S. The molecule has 0 amide bonds. The zero-order chi connectivity index (χ0) is 15.2. The van der Waals surface area contributed by atoms with Gasteiger partial charge in [0.2, 0.25) is 10.0 Å². The summed E-state index contributed by atoms with van der Waals surface area (Å²) < 4.78 is 27.6. The lowest BCUT2D eigenvalue weighted by Gasteiger charge is -2.17. The van der Waals surface area contributed by atoms with E-state index in [4.69, 9.17) is 11.6 Å². The molecule has 2 saturated carbocycles. The van der Waals surface area contributed by atoms with Crippen LogP contribution in [0.15, 0.2) is 23.1 Å². The van der Waals surface area contributed by atoms with Gasteiger partial charge in [-0.05, 0) is 49.7 Å². The van der Waals surface area contributed by atoms with Crippen LogP contribution in [0.25, 0.3) is 0 Å². The van der Waals surface area contributed by atoms with Crippen molar-refractivity contribution < 1.29 is 13.3 Å². The van der Waals surface area contributed by atoms with E-state index in [9.17, 15) is 18.5 Å².